The summed E-state index contributed by atoms with van der Waals surface area (Å²) in [6, 6.07) is 5.23. The molecular formula is C29H35F3N6O2. The number of hydrogen-bond acceptors (Lipinski definition) is 7. The average Bonchev–Trinajstić information content (AvgIpc) is 3.22. The molecule has 2 saturated heterocycles. The van der Waals surface area contributed by atoms with Crippen molar-refractivity contribution in [1.29, 1.82) is 0 Å². The van der Waals surface area contributed by atoms with Crippen molar-refractivity contribution in [2.24, 2.45) is 0 Å². The van der Waals surface area contributed by atoms with E-state index in [1.165, 1.54) is 0 Å². The second kappa shape index (κ2) is 12.0. The van der Waals surface area contributed by atoms with Gasteiger partial charge in [-0.3, -0.25) is 14.7 Å². The molecule has 1 amide bonds. The van der Waals surface area contributed by atoms with E-state index >= 15 is 0 Å². The van der Waals surface area contributed by atoms with Crippen molar-refractivity contribution < 1.29 is 22.7 Å². The first-order valence-electron chi connectivity index (χ1n) is 13.8. The highest BCUT2D eigenvalue weighted by atomic mass is 19.2. The molecule has 40 heavy (non-hydrogen) atoms. The number of rotatable bonds is 6. The predicted molar refractivity (Wildman–Crippen MR) is 148 cm³/mol. The minimum atomic E-state index is -1.52. The Morgan fingerprint density at radius 1 is 0.950 bits per heavy atom. The molecular weight excluding hydrogens is 521 g/mol. The van der Waals surface area contributed by atoms with E-state index in [0.29, 0.717) is 73.4 Å². The first-order chi connectivity index (χ1) is 19.2. The van der Waals surface area contributed by atoms with Crippen molar-refractivity contribution in [2.45, 2.75) is 39.3 Å². The number of amides is 1. The Morgan fingerprint density at radius 2 is 1.68 bits per heavy atom. The maximum Gasteiger partial charge on any atom is 0.253 e. The van der Waals surface area contributed by atoms with Crippen molar-refractivity contribution in [2.75, 3.05) is 62.7 Å². The molecule has 2 aromatic carbocycles. The van der Waals surface area contributed by atoms with Gasteiger partial charge in [0.25, 0.3) is 5.91 Å². The summed E-state index contributed by atoms with van der Waals surface area (Å²) in [5, 5.41) is 3.05. The second-order valence-electron chi connectivity index (χ2n) is 10.7. The predicted octanol–water partition coefficient (Wildman–Crippen LogP) is 4.61. The van der Waals surface area contributed by atoms with Crippen LogP contribution < -0.4 is 10.2 Å². The molecule has 0 saturated carbocycles. The molecule has 1 unspecified atom stereocenters. The van der Waals surface area contributed by atoms with Gasteiger partial charge in [0, 0.05) is 74.3 Å². The van der Waals surface area contributed by atoms with E-state index in [0.717, 1.165) is 31.6 Å². The number of halogens is 3. The quantitative estimate of drug-likeness (QED) is 0.445. The van der Waals surface area contributed by atoms with Crippen LogP contribution in [0.4, 0.5) is 24.7 Å². The van der Waals surface area contributed by atoms with E-state index in [1.54, 1.807) is 25.3 Å². The van der Waals surface area contributed by atoms with E-state index in [2.05, 4.69) is 33.9 Å². The van der Waals surface area contributed by atoms with Crippen LogP contribution in [0.15, 0.2) is 30.5 Å². The number of nitrogens with zero attached hydrogens (tertiary/aromatic N) is 5. The Balaban J connectivity index is 1.51. The molecule has 5 rings (SSSR count). The van der Waals surface area contributed by atoms with Gasteiger partial charge in [0.2, 0.25) is 0 Å². The molecule has 1 N–H and O–H groups in total. The average molecular weight is 557 g/mol. The molecule has 2 aliphatic rings. The van der Waals surface area contributed by atoms with E-state index in [9.17, 15) is 18.0 Å². The summed E-state index contributed by atoms with van der Waals surface area (Å²) in [7, 11) is 0. The largest absolute Gasteiger partial charge is 0.378 e. The Kier molecular flexibility index (Phi) is 8.41. The minimum Gasteiger partial charge on any atom is -0.378 e. The zero-order valence-electron chi connectivity index (χ0n) is 23.1. The summed E-state index contributed by atoms with van der Waals surface area (Å²) in [4.78, 5) is 29.6. The number of anilines is 2. The third-order valence-electron chi connectivity index (χ3n) is 7.63. The van der Waals surface area contributed by atoms with E-state index in [1.807, 2.05) is 4.90 Å². The minimum absolute atomic E-state index is 0.0763. The summed E-state index contributed by atoms with van der Waals surface area (Å²) < 4.78 is 46.9. The van der Waals surface area contributed by atoms with Crippen LogP contribution in [-0.2, 0) is 4.74 Å². The van der Waals surface area contributed by atoms with Crippen molar-refractivity contribution in [3.63, 3.8) is 0 Å². The van der Waals surface area contributed by atoms with Gasteiger partial charge in [-0.2, -0.15) is 0 Å². The lowest BCUT2D eigenvalue weighted by atomic mass is 10.0. The first kappa shape index (κ1) is 28.1. The molecule has 1 atom stereocenters. The molecule has 0 aliphatic carbocycles. The van der Waals surface area contributed by atoms with Gasteiger partial charge in [-0.15, -0.1) is 0 Å². The van der Waals surface area contributed by atoms with Crippen LogP contribution in [0.25, 0.3) is 11.0 Å². The Hall–Kier alpha value is -3.44. The Bertz CT molecular complexity index is 1360. The Labute approximate surface area is 232 Å². The first-order valence-corrected chi connectivity index (χ1v) is 13.8. The third-order valence-corrected chi connectivity index (χ3v) is 7.63. The fourth-order valence-electron chi connectivity index (χ4n) is 5.34. The third kappa shape index (κ3) is 6.00. The van der Waals surface area contributed by atoms with Gasteiger partial charge in [0.15, 0.2) is 17.5 Å². The summed E-state index contributed by atoms with van der Waals surface area (Å²) in [5.74, 6) is -3.50. The fraction of sp³-hybridized carbons (Fsp3) is 0.483. The van der Waals surface area contributed by atoms with Crippen LogP contribution in [0, 0.1) is 17.5 Å². The molecule has 11 heteroatoms. The molecule has 0 bridgehead atoms. The molecule has 8 nitrogen and oxygen atoms in total. The van der Waals surface area contributed by atoms with Crippen LogP contribution in [0.1, 0.15) is 49.2 Å². The zero-order chi connectivity index (χ0) is 28.4. The van der Waals surface area contributed by atoms with Crippen LogP contribution in [0.5, 0.6) is 0 Å². The number of fused-ring (bicyclic) bond motifs is 1. The van der Waals surface area contributed by atoms with E-state index in [4.69, 9.17) is 9.72 Å². The normalized spacial score (nSPS) is 17.8. The maximum absolute atomic E-state index is 13.9. The number of hydrogen-bond donors (Lipinski definition) is 1. The van der Waals surface area contributed by atoms with Crippen LogP contribution in [-0.4, -0.2) is 84.2 Å². The molecule has 1 aromatic heterocycles. The summed E-state index contributed by atoms with van der Waals surface area (Å²) in [6.07, 6.45) is 2.58. The Morgan fingerprint density at radius 3 is 2.38 bits per heavy atom. The molecule has 3 heterocycles. The number of morpholine rings is 1. The van der Waals surface area contributed by atoms with Crippen LogP contribution in [0.3, 0.4) is 0 Å². The van der Waals surface area contributed by atoms with Crippen molar-refractivity contribution in [3.8, 4) is 0 Å². The second-order valence-corrected chi connectivity index (χ2v) is 10.7. The SMILES string of the molecule is CC(Nc1cc(F)c(F)c(F)c1)c1cc(C(=O)N2CCCN(C(C)C)CC2)cc2ncc(N3CCOCC3)nc12. The van der Waals surface area contributed by atoms with Crippen LogP contribution in [0.2, 0.25) is 0 Å². The molecule has 2 fully saturated rings. The zero-order valence-corrected chi connectivity index (χ0v) is 23.1. The van der Waals surface area contributed by atoms with Crippen molar-refractivity contribution >= 4 is 28.4 Å². The van der Waals surface area contributed by atoms with Gasteiger partial charge < -0.3 is 19.9 Å². The fourth-order valence-corrected chi connectivity index (χ4v) is 5.34. The van der Waals surface area contributed by atoms with Gasteiger partial charge >= 0.3 is 0 Å². The number of ether oxygens (including phenoxy) is 1. The number of nitrogens with one attached hydrogen (secondary N) is 1. The van der Waals surface area contributed by atoms with Gasteiger partial charge in [-0.05, 0) is 39.3 Å². The highest BCUT2D eigenvalue weighted by Gasteiger charge is 2.25. The number of benzene rings is 2. The van der Waals surface area contributed by atoms with Gasteiger partial charge in [-0.25, -0.2) is 18.2 Å². The number of carbonyl (C=O) groups excluding carboxylic acids is 1. The van der Waals surface area contributed by atoms with Gasteiger partial charge in [-0.1, -0.05) is 0 Å². The molecule has 2 aliphatic heterocycles. The lowest BCUT2D eigenvalue weighted by Crippen LogP contribution is -2.37. The summed E-state index contributed by atoms with van der Waals surface area (Å²) >= 11 is 0. The van der Waals surface area contributed by atoms with E-state index in [-0.39, 0.29) is 11.6 Å². The highest BCUT2D eigenvalue weighted by molar-refractivity contribution is 5.98. The lowest BCUT2D eigenvalue weighted by molar-refractivity contribution is 0.0759. The maximum atomic E-state index is 13.9. The van der Waals surface area contributed by atoms with Crippen molar-refractivity contribution in [1.82, 2.24) is 19.8 Å². The molecule has 3 aromatic rings. The highest BCUT2D eigenvalue weighted by Crippen LogP contribution is 2.30. The lowest BCUT2D eigenvalue weighted by Gasteiger charge is -2.28. The molecule has 0 spiro atoms. The van der Waals surface area contributed by atoms with E-state index < -0.39 is 23.5 Å². The topological polar surface area (TPSA) is 73.8 Å². The number of aromatic nitrogens is 2. The summed E-state index contributed by atoms with van der Waals surface area (Å²) in [6.45, 7) is 11.7. The van der Waals surface area contributed by atoms with Crippen LogP contribution >= 0.6 is 0 Å². The van der Waals surface area contributed by atoms with Crippen molar-refractivity contribution in [3.05, 3.63) is 59.0 Å². The number of carbonyl (C=O) groups is 1. The van der Waals surface area contributed by atoms with Gasteiger partial charge in [0.05, 0.1) is 36.5 Å². The standard InChI is InChI=1S/C29H35F3N6O2/c1-18(2)36-5-4-6-38(8-7-36)29(39)20-13-22(19(3)34-21-15-23(30)27(32)24(31)16-21)28-25(14-20)33-17-26(35-28)37-9-11-40-12-10-37/h13-19,34H,4-12H2,1-3H3. The molecule has 214 valence electrons. The smallest absolute Gasteiger partial charge is 0.253 e. The monoisotopic (exact) mass is 556 g/mol. The van der Waals surface area contributed by atoms with Gasteiger partial charge in [0.1, 0.15) is 5.82 Å². The molecule has 0 radical (unpaired) electrons. The summed E-state index contributed by atoms with van der Waals surface area (Å²) in [5.41, 5.74) is 2.31.